The molecule has 5 nitrogen and oxygen atoms in total. The van der Waals surface area contributed by atoms with Gasteiger partial charge in [0.05, 0.1) is 29.8 Å². The van der Waals surface area contributed by atoms with Crippen molar-refractivity contribution in [3.63, 3.8) is 0 Å². The van der Waals surface area contributed by atoms with Crippen molar-refractivity contribution in [2.75, 3.05) is 14.2 Å². The smallest absolute Gasteiger partial charge is 0.387 e. The summed E-state index contributed by atoms with van der Waals surface area (Å²) in [7, 11) is 2.50. The molecule has 2 aromatic carbocycles. The summed E-state index contributed by atoms with van der Waals surface area (Å²) in [6.45, 7) is -3.09. The molecule has 0 aromatic heterocycles. The molecule has 0 aliphatic rings. The normalized spacial score (nSPS) is 11.1. The summed E-state index contributed by atoms with van der Waals surface area (Å²) in [5.74, 6) is -1.13. The zero-order chi connectivity index (χ0) is 20.8. The fourth-order valence-electron chi connectivity index (χ4n) is 2.35. The number of allylic oxidation sites excluding steroid dienone is 1. The van der Waals surface area contributed by atoms with Gasteiger partial charge in [-0.1, -0.05) is 29.3 Å². The van der Waals surface area contributed by atoms with Crippen LogP contribution in [-0.4, -0.2) is 26.6 Å². The minimum Gasteiger partial charge on any atom is -0.493 e. The highest BCUT2D eigenvalue weighted by molar-refractivity contribution is 6.41. The van der Waals surface area contributed by atoms with Crippen LogP contribution >= 0.6 is 23.2 Å². The van der Waals surface area contributed by atoms with Gasteiger partial charge in [0.25, 0.3) is 0 Å². The van der Waals surface area contributed by atoms with E-state index in [2.05, 4.69) is 4.74 Å². The summed E-state index contributed by atoms with van der Waals surface area (Å²) >= 11 is 12.0. The zero-order valence-electron chi connectivity index (χ0n) is 14.6. The lowest BCUT2D eigenvalue weighted by atomic mass is 10.0. The number of nitrogens with zero attached hydrogens (tertiary/aromatic N) is 1. The lowest BCUT2D eigenvalue weighted by molar-refractivity contribution is -0.0526. The summed E-state index contributed by atoms with van der Waals surface area (Å²) in [6.07, 6.45) is 1.24. The van der Waals surface area contributed by atoms with Gasteiger partial charge in [0.15, 0.2) is 11.5 Å². The Labute approximate surface area is 169 Å². The molecule has 2 rings (SSSR count). The van der Waals surface area contributed by atoms with Gasteiger partial charge in [-0.25, -0.2) is 0 Å². The van der Waals surface area contributed by atoms with Crippen LogP contribution in [0.25, 0.3) is 6.08 Å². The number of benzene rings is 2. The molecule has 0 spiro atoms. The Morgan fingerprint density at radius 2 is 1.68 bits per heavy atom. The molecule has 146 valence electrons. The van der Waals surface area contributed by atoms with E-state index in [0.717, 1.165) is 0 Å². The predicted octanol–water partition coefficient (Wildman–Crippen LogP) is 5.40. The highest BCUT2D eigenvalue weighted by Crippen LogP contribution is 2.40. The standard InChI is InChI=1S/C19H13Cl2F2NO4/c1-26-14-7-10(8-15(27-2)18(14)28-19(22)23)6-11(9-24)17(25)16-12(20)4-3-5-13(16)21/h3-8,19H,1-2H3/b11-6+. The summed E-state index contributed by atoms with van der Waals surface area (Å²) < 4.78 is 39.8. The van der Waals surface area contributed by atoms with Gasteiger partial charge in [0.2, 0.25) is 11.5 Å². The largest absolute Gasteiger partial charge is 0.493 e. The van der Waals surface area contributed by atoms with E-state index in [0.29, 0.717) is 0 Å². The molecule has 0 aliphatic carbocycles. The second-order valence-electron chi connectivity index (χ2n) is 5.23. The quantitative estimate of drug-likeness (QED) is 0.336. The molecule has 0 bridgehead atoms. The van der Waals surface area contributed by atoms with Crippen LogP contribution in [0.5, 0.6) is 17.2 Å². The maximum atomic E-state index is 12.7. The highest BCUT2D eigenvalue weighted by Gasteiger charge is 2.21. The van der Waals surface area contributed by atoms with Crippen LogP contribution in [0.1, 0.15) is 15.9 Å². The van der Waals surface area contributed by atoms with Crippen molar-refractivity contribution in [2.45, 2.75) is 6.61 Å². The van der Waals surface area contributed by atoms with Crippen molar-refractivity contribution in [1.29, 1.82) is 5.26 Å². The molecule has 0 aliphatic heterocycles. The molecule has 0 saturated carbocycles. The first kappa shape index (κ1) is 21.5. The van der Waals surface area contributed by atoms with Crippen LogP contribution in [0, 0.1) is 11.3 Å². The van der Waals surface area contributed by atoms with Crippen molar-refractivity contribution >= 4 is 35.1 Å². The first-order valence-corrected chi connectivity index (χ1v) is 8.39. The topological polar surface area (TPSA) is 68.5 Å². The van der Waals surface area contributed by atoms with Crippen molar-refractivity contribution in [1.82, 2.24) is 0 Å². The van der Waals surface area contributed by atoms with E-state index in [1.165, 1.54) is 44.6 Å². The van der Waals surface area contributed by atoms with Crippen molar-refractivity contribution in [2.24, 2.45) is 0 Å². The summed E-state index contributed by atoms with van der Waals surface area (Å²) in [5, 5.41) is 9.60. The fourth-order valence-corrected chi connectivity index (χ4v) is 2.92. The third-order valence-corrected chi connectivity index (χ3v) is 4.19. The van der Waals surface area contributed by atoms with E-state index in [9.17, 15) is 18.8 Å². The molecule has 0 fully saturated rings. The Balaban J connectivity index is 2.55. The minimum atomic E-state index is -3.09. The van der Waals surface area contributed by atoms with Gasteiger partial charge in [-0.05, 0) is 35.9 Å². The van der Waals surface area contributed by atoms with Gasteiger partial charge < -0.3 is 14.2 Å². The molecule has 0 atom stereocenters. The van der Waals surface area contributed by atoms with Gasteiger partial charge in [-0.15, -0.1) is 0 Å². The molecular formula is C19H13Cl2F2NO4. The van der Waals surface area contributed by atoms with Crippen LogP contribution in [0.2, 0.25) is 10.0 Å². The molecule has 0 unspecified atom stereocenters. The number of hydrogen-bond donors (Lipinski definition) is 0. The third-order valence-electron chi connectivity index (χ3n) is 3.56. The Bertz CT molecular complexity index is 926. The van der Waals surface area contributed by atoms with Crippen LogP contribution in [0.15, 0.2) is 35.9 Å². The minimum absolute atomic E-state index is 0.0183. The molecule has 2 aromatic rings. The third kappa shape index (κ3) is 4.71. The number of Topliss-reactive ketones (excluding diaryl/α,β-unsaturated/α-hetero) is 1. The number of ether oxygens (including phenoxy) is 3. The van der Waals surface area contributed by atoms with E-state index in [4.69, 9.17) is 32.7 Å². The summed E-state index contributed by atoms with van der Waals surface area (Å²) in [6, 6.07) is 8.93. The number of rotatable bonds is 7. The van der Waals surface area contributed by atoms with Crippen LogP contribution in [-0.2, 0) is 0 Å². The number of ketones is 1. The second-order valence-corrected chi connectivity index (χ2v) is 6.04. The van der Waals surface area contributed by atoms with Gasteiger partial charge >= 0.3 is 6.61 Å². The Kier molecular flexibility index (Phi) is 7.21. The first-order valence-electron chi connectivity index (χ1n) is 7.63. The summed E-state index contributed by atoms with van der Waals surface area (Å²) in [5.41, 5.74) is -0.0137. The number of alkyl halides is 2. The molecule has 28 heavy (non-hydrogen) atoms. The van der Waals surface area contributed by atoms with E-state index in [1.807, 2.05) is 0 Å². The predicted molar refractivity (Wildman–Crippen MR) is 101 cm³/mol. The molecule has 0 heterocycles. The molecular weight excluding hydrogens is 415 g/mol. The zero-order valence-corrected chi connectivity index (χ0v) is 16.1. The van der Waals surface area contributed by atoms with Crippen molar-refractivity contribution < 1.29 is 27.8 Å². The molecule has 0 saturated heterocycles. The van der Waals surface area contributed by atoms with Crippen molar-refractivity contribution in [3.8, 4) is 23.3 Å². The lowest BCUT2D eigenvalue weighted by Gasteiger charge is -2.14. The van der Waals surface area contributed by atoms with E-state index in [-0.39, 0.29) is 44.0 Å². The number of halogens is 4. The molecule has 0 radical (unpaired) electrons. The van der Waals surface area contributed by atoms with E-state index >= 15 is 0 Å². The maximum Gasteiger partial charge on any atom is 0.387 e. The van der Waals surface area contributed by atoms with Gasteiger partial charge in [0.1, 0.15) is 11.6 Å². The average Bonchev–Trinajstić information content (AvgIpc) is 2.65. The maximum absolute atomic E-state index is 12.7. The molecule has 9 heteroatoms. The summed E-state index contributed by atoms with van der Waals surface area (Å²) in [4.78, 5) is 12.7. The Morgan fingerprint density at radius 3 is 2.11 bits per heavy atom. The molecule has 0 amide bonds. The number of carbonyl (C=O) groups excluding carboxylic acids is 1. The van der Waals surface area contributed by atoms with Gasteiger partial charge in [-0.2, -0.15) is 14.0 Å². The number of carbonyl (C=O) groups is 1. The number of methoxy groups -OCH3 is 2. The fraction of sp³-hybridized carbons (Fsp3) is 0.158. The SMILES string of the molecule is COc1cc(/C=C(\C#N)C(=O)c2c(Cl)cccc2Cl)cc(OC)c1OC(F)F. The monoisotopic (exact) mass is 427 g/mol. The van der Waals surface area contributed by atoms with Gasteiger partial charge in [-0.3, -0.25) is 4.79 Å². The lowest BCUT2D eigenvalue weighted by Crippen LogP contribution is -2.06. The Hall–Kier alpha value is -2.82. The van der Waals surface area contributed by atoms with Gasteiger partial charge in [0, 0.05) is 0 Å². The highest BCUT2D eigenvalue weighted by atomic mass is 35.5. The average molecular weight is 428 g/mol. The van der Waals surface area contributed by atoms with E-state index in [1.54, 1.807) is 12.1 Å². The van der Waals surface area contributed by atoms with Crippen molar-refractivity contribution in [3.05, 3.63) is 57.1 Å². The first-order chi connectivity index (χ1) is 13.3. The molecule has 0 N–H and O–H groups in total. The van der Waals surface area contributed by atoms with Crippen LogP contribution in [0.4, 0.5) is 8.78 Å². The number of hydrogen-bond acceptors (Lipinski definition) is 5. The van der Waals surface area contributed by atoms with Crippen LogP contribution in [0.3, 0.4) is 0 Å². The Morgan fingerprint density at radius 1 is 1.14 bits per heavy atom. The van der Waals surface area contributed by atoms with E-state index < -0.39 is 12.4 Å². The second kappa shape index (κ2) is 9.40. The number of nitriles is 1. The van der Waals surface area contributed by atoms with Crippen LogP contribution < -0.4 is 14.2 Å².